The van der Waals surface area contributed by atoms with Gasteiger partial charge in [0.1, 0.15) is 11.8 Å². The van der Waals surface area contributed by atoms with Gasteiger partial charge in [0, 0.05) is 29.5 Å². The topological polar surface area (TPSA) is 70.4 Å². The van der Waals surface area contributed by atoms with E-state index in [0.29, 0.717) is 30.8 Å². The second-order valence-electron chi connectivity index (χ2n) is 7.31. The third-order valence-electron chi connectivity index (χ3n) is 4.86. The third-order valence-corrected chi connectivity index (χ3v) is 4.86. The van der Waals surface area contributed by atoms with E-state index in [0.717, 1.165) is 0 Å². The van der Waals surface area contributed by atoms with Gasteiger partial charge in [-0.05, 0) is 30.7 Å². The Morgan fingerprint density at radius 1 is 1.25 bits per heavy atom. The van der Waals surface area contributed by atoms with E-state index < -0.39 is 5.41 Å². The molecule has 3 rings (SSSR count). The van der Waals surface area contributed by atoms with E-state index in [-0.39, 0.29) is 22.7 Å². The highest BCUT2D eigenvalue weighted by atomic mass is 16.5. The summed E-state index contributed by atoms with van der Waals surface area (Å²) in [6.07, 6.45) is 2.44. The van der Waals surface area contributed by atoms with Gasteiger partial charge in [0.2, 0.25) is 0 Å². The lowest BCUT2D eigenvalue weighted by molar-refractivity contribution is -0.127. The highest BCUT2D eigenvalue weighted by Crippen LogP contribution is 2.48. The fourth-order valence-corrected chi connectivity index (χ4v) is 3.81. The van der Waals surface area contributed by atoms with Gasteiger partial charge >= 0.3 is 0 Å². The van der Waals surface area contributed by atoms with E-state index >= 15 is 0 Å². The van der Waals surface area contributed by atoms with Crippen molar-refractivity contribution >= 4 is 11.7 Å². The lowest BCUT2D eigenvalue weighted by Crippen LogP contribution is -2.60. The van der Waals surface area contributed by atoms with Crippen molar-refractivity contribution in [3.8, 4) is 11.8 Å². The molecule has 1 fully saturated rings. The largest absolute Gasteiger partial charge is 0.497 e. The lowest BCUT2D eigenvalue weighted by atomic mass is 9.61. The van der Waals surface area contributed by atoms with E-state index in [1.807, 2.05) is 19.9 Å². The number of rotatable bonds is 2. The van der Waals surface area contributed by atoms with Crippen molar-refractivity contribution in [3.63, 3.8) is 0 Å². The summed E-state index contributed by atoms with van der Waals surface area (Å²) in [6.45, 7) is 4.82. The monoisotopic (exact) mass is 324 g/mol. The Kier molecular flexibility index (Phi) is 3.71. The van der Waals surface area contributed by atoms with Gasteiger partial charge in [-0.1, -0.05) is 19.9 Å². The molecule has 0 saturated carbocycles. The normalized spacial score (nSPS) is 20.8. The molecule has 24 heavy (non-hydrogen) atoms. The van der Waals surface area contributed by atoms with Gasteiger partial charge in [0.05, 0.1) is 12.7 Å². The average molecular weight is 324 g/mol. The van der Waals surface area contributed by atoms with Crippen LogP contribution in [0.25, 0.3) is 0 Å². The van der Waals surface area contributed by atoms with Gasteiger partial charge in [-0.15, -0.1) is 0 Å². The minimum atomic E-state index is -0.560. The van der Waals surface area contributed by atoms with Gasteiger partial charge in [-0.25, -0.2) is 0 Å². The Morgan fingerprint density at radius 3 is 2.42 bits per heavy atom. The second-order valence-corrected chi connectivity index (χ2v) is 7.31. The van der Waals surface area contributed by atoms with Gasteiger partial charge < -0.3 is 9.64 Å². The van der Waals surface area contributed by atoms with Crippen LogP contribution in [0.3, 0.4) is 0 Å². The first-order valence-electron chi connectivity index (χ1n) is 7.91. The number of Topliss-reactive ketones (excluding diaryl/α,β-unsaturated/α-hetero) is 1. The number of hydrogen-bond acceptors (Lipinski definition) is 4. The zero-order valence-corrected chi connectivity index (χ0v) is 14.1. The summed E-state index contributed by atoms with van der Waals surface area (Å²) in [6, 6.07) is 9.03. The standard InChI is InChI=1S/C19H20N2O3/c1-18(2)10-19(8-14(9-20)16(18)22)11-21(12-19)17(23)13-4-6-15(24-3)7-5-13/h4-8H,10-12H2,1-3H3. The van der Waals surface area contributed by atoms with Crippen molar-refractivity contribution in [2.75, 3.05) is 20.2 Å². The van der Waals surface area contributed by atoms with Gasteiger partial charge in [0.25, 0.3) is 5.91 Å². The van der Waals surface area contributed by atoms with Crippen molar-refractivity contribution in [2.45, 2.75) is 20.3 Å². The van der Waals surface area contributed by atoms with Crippen molar-refractivity contribution in [1.82, 2.24) is 4.90 Å². The maximum absolute atomic E-state index is 12.6. The molecule has 1 spiro atoms. The molecule has 0 aromatic heterocycles. The summed E-state index contributed by atoms with van der Waals surface area (Å²) >= 11 is 0. The highest BCUT2D eigenvalue weighted by Gasteiger charge is 2.52. The number of amides is 1. The molecule has 1 aromatic carbocycles. The van der Waals surface area contributed by atoms with Crippen LogP contribution in [0.4, 0.5) is 0 Å². The highest BCUT2D eigenvalue weighted by molar-refractivity contribution is 6.04. The number of ether oxygens (including phenoxy) is 1. The summed E-state index contributed by atoms with van der Waals surface area (Å²) in [7, 11) is 1.58. The molecule has 1 aliphatic carbocycles. The van der Waals surface area contributed by atoms with E-state index in [9.17, 15) is 14.9 Å². The number of nitrogens with zero attached hydrogens (tertiary/aromatic N) is 2. The Balaban J connectivity index is 1.76. The van der Waals surface area contributed by atoms with Crippen LogP contribution in [0.1, 0.15) is 30.6 Å². The molecule has 2 aliphatic rings. The van der Waals surface area contributed by atoms with Gasteiger partial charge in [-0.2, -0.15) is 5.26 Å². The smallest absolute Gasteiger partial charge is 0.253 e. The predicted molar refractivity (Wildman–Crippen MR) is 88.4 cm³/mol. The van der Waals surface area contributed by atoms with E-state index in [2.05, 4.69) is 0 Å². The van der Waals surface area contributed by atoms with Crippen molar-refractivity contribution in [3.05, 3.63) is 41.5 Å². The number of methoxy groups -OCH3 is 1. The van der Waals surface area contributed by atoms with E-state index in [1.165, 1.54) is 0 Å². The molecule has 0 radical (unpaired) electrons. The second kappa shape index (κ2) is 5.48. The number of likely N-dealkylation sites (tertiary alicyclic amines) is 1. The fraction of sp³-hybridized carbons (Fsp3) is 0.421. The maximum atomic E-state index is 12.6. The van der Waals surface area contributed by atoms with Crippen LogP contribution in [0.2, 0.25) is 0 Å². The Bertz CT molecular complexity index is 763. The molecule has 1 amide bonds. The molecule has 0 unspecified atom stereocenters. The van der Waals surface area contributed by atoms with Crippen LogP contribution >= 0.6 is 0 Å². The van der Waals surface area contributed by atoms with Crippen LogP contribution in [-0.2, 0) is 4.79 Å². The average Bonchev–Trinajstić information content (AvgIpc) is 2.54. The lowest BCUT2D eigenvalue weighted by Gasteiger charge is -2.53. The third kappa shape index (κ3) is 2.58. The van der Waals surface area contributed by atoms with Crippen molar-refractivity contribution < 1.29 is 14.3 Å². The summed E-state index contributed by atoms with van der Waals surface area (Å²) in [5.41, 5.74) is 0.0173. The Labute approximate surface area is 141 Å². The molecule has 1 heterocycles. The van der Waals surface area contributed by atoms with Crippen molar-refractivity contribution in [1.29, 1.82) is 5.26 Å². The van der Waals surface area contributed by atoms with Gasteiger partial charge in [0.15, 0.2) is 5.78 Å². The first-order chi connectivity index (χ1) is 11.3. The first-order valence-corrected chi connectivity index (χ1v) is 7.91. The summed E-state index contributed by atoms with van der Waals surface area (Å²) in [4.78, 5) is 26.5. The first kappa shape index (κ1) is 16.3. The number of carbonyl (C=O) groups is 2. The van der Waals surface area contributed by atoms with E-state index in [1.54, 1.807) is 42.4 Å². The molecule has 1 saturated heterocycles. The number of allylic oxidation sites excluding steroid dienone is 1. The number of ketones is 1. The fourth-order valence-electron chi connectivity index (χ4n) is 3.81. The summed E-state index contributed by atoms with van der Waals surface area (Å²) in [5, 5.41) is 9.22. The molecule has 0 atom stereocenters. The SMILES string of the molecule is COc1ccc(C(=O)N2CC3(C=C(C#N)C(=O)C(C)(C)C3)C2)cc1. The quantitative estimate of drug-likeness (QED) is 0.838. The predicted octanol–water partition coefficient (Wildman–Crippen LogP) is 2.59. The number of nitriles is 1. The molecule has 0 N–H and O–H groups in total. The van der Waals surface area contributed by atoms with Crippen molar-refractivity contribution in [2.24, 2.45) is 10.8 Å². The molecule has 0 bridgehead atoms. The number of carbonyl (C=O) groups excluding carboxylic acids is 2. The van der Waals surface area contributed by atoms with Crippen LogP contribution in [0.5, 0.6) is 5.75 Å². The van der Waals surface area contributed by atoms with Crippen LogP contribution < -0.4 is 4.74 Å². The zero-order valence-electron chi connectivity index (χ0n) is 14.1. The van der Waals surface area contributed by atoms with E-state index in [4.69, 9.17) is 4.74 Å². The number of benzene rings is 1. The molecular weight excluding hydrogens is 304 g/mol. The van der Waals surface area contributed by atoms with Crippen LogP contribution in [0.15, 0.2) is 35.9 Å². The molecule has 1 aromatic rings. The molecule has 5 heteroatoms. The minimum absolute atomic E-state index is 0.0371. The Hall–Kier alpha value is -2.61. The molecule has 5 nitrogen and oxygen atoms in total. The Morgan fingerprint density at radius 2 is 1.88 bits per heavy atom. The molecule has 124 valence electrons. The maximum Gasteiger partial charge on any atom is 0.253 e. The van der Waals surface area contributed by atoms with Crippen LogP contribution in [0, 0.1) is 22.2 Å². The van der Waals surface area contributed by atoms with Gasteiger partial charge in [-0.3, -0.25) is 9.59 Å². The molecule has 1 aliphatic heterocycles. The summed E-state index contributed by atoms with van der Waals surface area (Å²) in [5.74, 6) is 0.571. The minimum Gasteiger partial charge on any atom is -0.497 e. The summed E-state index contributed by atoms with van der Waals surface area (Å²) < 4.78 is 5.10. The zero-order chi connectivity index (χ0) is 17.5. The molecular formula is C19H20N2O3. The van der Waals surface area contributed by atoms with Crippen LogP contribution in [-0.4, -0.2) is 36.8 Å². The number of hydrogen-bond donors (Lipinski definition) is 0.